The number of fused-ring (bicyclic) bond motifs is 3. The molecule has 22 nitrogen and oxygen atoms in total. The summed E-state index contributed by atoms with van der Waals surface area (Å²) in [6.45, 7) is 15.0. The van der Waals surface area contributed by atoms with E-state index in [-0.39, 0.29) is 72.7 Å². The number of nitrogens with one attached hydrogen (secondary N) is 3. The fourth-order valence-electron chi connectivity index (χ4n) is 14.3. The zero-order valence-corrected chi connectivity index (χ0v) is 63.5. The molecule has 7 aromatic rings. The number of carbonyl (C=O) groups is 4. The summed E-state index contributed by atoms with van der Waals surface area (Å²) >= 11 is 9.16. The fraction of sp³-hybridized carbons (Fsp3) is 0.447. The van der Waals surface area contributed by atoms with Gasteiger partial charge in [0.1, 0.15) is 29.2 Å². The number of aliphatic hydroxyl groups is 1. The third-order valence-electron chi connectivity index (χ3n) is 20.2. The standard InChI is InChI=1S/C76H88ClF3N10O12S4/c1-49(2)70(74(95)90-45-57(91)39-64(90)73(94)81-43-50-13-23-61-65(38-50)101-46-63-71(61)104-48-82-63)66-41-68(84-102-66)100-37-9-8-12-69(92)89-35-29-86(30-36-89)28-26-55(47-103-58-10-6-5-7-11-58)83-62-24-22-59(40-67(62)105(96,97)76(78,79)80)106(98,99)85-72(93)52-16-20-56(21-17-52)88-33-31-87(32-34-88)44-53-42-75(3,4)27-25-60(53)51-14-18-54(77)19-15-51/h5-7,10-11,13-24,38,40-41,48-49,55,57,64,70,83,91H,8-9,12,25-37,39,42-47H2,1-4H3,(H,81,94)(H,85,93)/t55-,57-,64+,70+/m1/s1. The van der Waals surface area contributed by atoms with Crippen LogP contribution in [0.1, 0.15) is 118 Å². The Morgan fingerprint density at radius 1 is 0.868 bits per heavy atom. The Morgan fingerprint density at radius 2 is 1.60 bits per heavy atom. The number of thiazole rings is 1. The second-order valence-corrected chi connectivity index (χ2v) is 34.7. The number of halogens is 4. The summed E-state index contributed by atoms with van der Waals surface area (Å²) in [4.78, 5) is 69.0. The zero-order chi connectivity index (χ0) is 75.1. The van der Waals surface area contributed by atoms with Crippen molar-refractivity contribution in [2.45, 2.75) is 137 Å². The number of hydrogen-bond acceptors (Lipinski definition) is 20. The van der Waals surface area contributed by atoms with E-state index in [1.165, 1.54) is 45.5 Å². The van der Waals surface area contributed by atoms with Crippen molar-refractivity contribution in [1.82, 2.24) is 39.8 Å². The minimum Gasteiger partial charge on any atom is -0.487 e. The highest BCUT2D eigenvalue weighted by Crippen LogP contribution is 2.44. The molecule has 566 valence electrons. The molecule has 0 saturated carbocycles. The molecule has 4 atom stereocenters. The number of likely N-dealkylation sites (tertiary alicyclic amines) is 1. The van der Waals surface area contributed by atoms with Gasteiger partial charge in [0.15, 0.2) is 5.76 Å². The fourth-order valence-corrected chi connectivity index (χ4v) is 18.3. The van der Waals surface area contributed by atoms with E-state index in [2.05, 4.69) is 61.5 Å². The molecular weight excluding hydrogens is 1470 g/mol. The SMILES string of the molecule is CC(C)[C@H](C(=O)N1C[C@H](O)C[C@H]1C(=O)NCc1ccc2c(c1)OCc1ncsc1-2)c1cc(OCCCCC(=O)N2CCN(CC[C@H](CSc3ccccc3)Nc3ccc(S(=O)(=O)NC(=O)c4ccc(N5CCN(CC6=C(c7ccc(Cl)cc7)CCC(C)(C)C6)CC5)cc4)cc3S(=O)(=O)C(F)(F)F)CC2)no1. The molecule has 5 aliphatic rings. The van der Waals surface area contributed by atoms with Crippen molar-refractivity contribution in [3.8, 4) is 22.1 Å². The van der Waals surface area contributed by atoms with Crippen molar-refractivity contribution >= 4 is 95.1 Å². The number of sulfonamides is 1. The number of thioether (sulfide) groups is 1. The van der Waals surface area contributed by atoms with Gasteiger partial charge in [0.2, 0.25) is 17.7 Å². The van der Waals surface area contributed by atoms with E-state index in [0.29, 0.717) is 88.5 Å². The zero-order valence-electron chi connectivity index (χ0n) is 59.5. The maximum absolute atomic E-state index is 14.6. The normalized spacial score (nSPS) is 18.6. The Bertz CT molecular complexity index is 4550. The van der Waals surface area contributed by atoms with Gasteiger partial charge in [0, 0.05) is 136 Å². The van der Waals surface area contributed by atoms with Crippen LogP contribution in [-0.2, 0) is 47.4 Å². The van der Waals surface area contributed by atoms with Gasteiger partial charge in [-0.3, -0.25) is 29.0 Å². The number of rotatable bonds is 28. The molecule has 4 N–H and O–H groups in total. The van der Waals surface area contributed by atoms with E-state index < -0.39 is 82.7 Å². The van der Waals surface area contributed by atoms with Crippen molar-refractivity contribution in [2.75, 3.05) is 94.6 Å². The predicted molar refractivity (Wildman–Crippen MR) is 401 cm³/mol. The number of anilines is 2. The number of piperazine rings is 2. The molecule has 106 heavy (non-hydrogen) atoms. The number of β-amino-alcohol motifs (C(OH)–C–C–N with tert-alkyl or cyclic N) is 1. The smallest absolute Gasteiger partial charge is 0.487 e. The van der Waals surface area contributed by atoms with Crippen molar-refractivity contribution in [3.05, 3.63) is 166 Å². The summed E-state index contributed by atoms with van der Waals surface area (Å²) in [5, 5.41) is 21.5. The maximum Gasteiger partial charge on any atom is 0.501 e. The Kier molecular flexibility index (Phi) is 24.6. The summed E-state index contributed by atoms with van der Waals surface area (Å²) in [6.07, 6.45) is 3.77. The van der Waals surface area contributed by atoms with Crippen LogP contribution in [-0.4, -0.2) is 183 Å². The summed E-state index contributed by atoms with van der Waals surface area (Å²) in [5.74, 6) is -1.68. The Hall–Kier alpha value is -8.03. The molecule has 0 radical (unpaired) electrons. The number of carbonyl (C=O) groups excluding carboxylic acids is 4. The van der Waals surface area contributed by atoms with Crippen LogP contribution in [0.2, 0.25) is 5.02 Å². The van der Waals surface area contributed by atoms with Gasteiger partial charge < -0.3 is 44.4 Å². The third-order valence-corrected chi connectivity index (χ3v) is 25.4. The first kappa shape index (κ1) is 77.6. The Balaban J connectivity index is 0.605. The molecule has 5 aromatic carbocycles. The number of ether oxygens (including phenoxy) is 2. The molecule has 3 fully saturated rings. The molecule has 0 unspecified atom stereocenters. The van der Waals surface area contributed by atoms with E-state index in [0.717, 1.165) is 83.3 Å². The number of alkyl halides is 3. The number of aliphatic hydroxyl groups excluding tert-OH is 1. The minimum atomic E-state index is -6.18. The molecule has 4 amide bonds. The van der Waals surface area contributed by atoms with Gasteiger partial charge in [-0.1, -0.05) is 81.3 Å². The minimum absolute atomic E-state index is 0.0332. The molecule has 0 spiro atoms. The van der Waals surface area contributed by atoms with Crippen LogP contribution >= 0.6 is 34.7 Å². The summed E-state index contributed by atoms with van der Waals surface area (Å²) in [7, 11) is -11.1. The quantitative estimate of drug-likeness (QED) is 0.0262. The number of hydrogen-bond donors (Lipinski definition) is 4. The number of allylic oxidation sites excluding steroid dienone is 1. The lowest BCUT2D eigenvalue weighted by molar-refractivity contribution is -0.141. The van der Waals surface area contributed by atoms with Crippen LogP contribution in [0.15, 0.2) is 152 Å². The van der Waals surface area contributed by atoms with E-state index in [1.54, 1.807) is 39.9 Å². The van der Waals surface area contributed by atoms with Crippen molar-refractivity contribution in [2.24, 2.45) is 11.3 Å². The van der Waals surface area contributed by atoms with Gasteiger partial charge in [-0.05, 0) is 151 Å². The van der Waals surface area contributed by atoms with Gasteiger partial charge in [0.05, 0.1) is 39.4 Å². The van der Waals surface area contributed by atoms with E-state index in [1.807, 2.05) is 79.2 Å². The number of unbranched alkanes of at least 4 members (excludes halogenated alkanes) is 1. The molecule has 6 heterocycles. The van der Waals surface area contributed by atoms with Crippen LogP contribution < -0.4 is 29.7 Å². The number of aromatic nitrogens is 2. The van der Waals surface area contributed by atoms with Crippen molar-refractivity contribution in [1.29, 1.82) is 0 Å². The maximum atomic E-state index is 14.6. The number of benzene rings is 5. The molecule has 3 saturated heterocycles. The molecule has 2 aromatic heterocycles. The lowest BCUT2D eigenvalue weighted by Gasteiger charge is -2.39. The molecular formula is C76H88ClF3N10O12S4. The van der Waals surface area contributed by atoms with E-state index in [9.17, 15) is 54.3 Å². The lowest BCUT2D eigenvalue weighted by Crippen LogP contribution is -2.49. The average Bonchev–Trinajstić information content (AvgIpc) is 0.857. The number of nitrogens with zero attached hydrogens (tertiary/aromatic N) is 7. The first-order valence-corrected chi connectivity index (χ1v) is 40.9. The van der Waals surface area contributed by atoms with Gasteiger partial charge in [-0.15, -0.1) is 23.1 Å². The second kappa shape index (κ2) is 33.6. The summed E-state index contributed by atoms with van der Waals surface area (Å²) in [5.41, 5.74) is 3.08. The third kappa shape index (κ3) is 18.9. The van der Waals surface area contributed by atoms with Crippen LogP contribution in [0, 0.1) is 11.3 Å². The number of amides is 4. The van der Waals surface area contributed by atoms with Crippen molar-refractivity contribution in [3.63, 3.8) is 0 Å². The first-order chi connectivity index (χ1) is 50.6. The molecule has 12 rings (SSSR count). The summed E-state index contributed by atoms with van der Waals surface area (Å²) in [6, 6.07) is 31.7. The van der Waals surface area contributed by atoms with Crippen LogP contribution in [0.5, 0.6) is 11.6 Å². The second-order valence-electron chi connectivity index (χ2n) is 28.7. The van der Waals surface area contributed by atoms with Crippen LogP contribution in [0.3, 0.4) is 0 Å². The first-order valence-electron chi connectivity index (χ1n) is 35.7. The summed E-state index contributed by atoms with van der Waals surface area (Å²) < 4.78 is 118. The van der Waals surface area contributed by atoms with Crippen LogP contribution in [0.25, 0.3) is 16.0 Å². The van der Waals surface area contributed by atoms with Crippen molar-refractivity contribution < 1.29 is 68.3 Å². The van der Waals surface area contributed by atoms with E-state index >= 15 is 0 Å². The topological polar surface area (TPSA) is 266 Å². The Labute approximate surface area is 629 Å². The lowest BCUT2D eigenvalue weighted by atomic mass is 9.73. The largest absolute Gasteiger partial charge is 0.501 e. The highest BCUT2D eigenvalue weighted by Gasteiger charge is 2.49. The predicted octanol–water partition coefficient (Wildman–Crippen LogP) is 11.9. The molecule has 30 heteroatoms. The van der Waals surface area contributed by atoms with E-state index in [4.69, 9.17) is 25.6 Å². The molecule has 0 bridgehead atoms. The van der Waals surface area contributed by atoms with Gasteiger partial charge in [0.25, 0.3) is 31.6 Å². The molecule has 4 aliphatic heterocycles. The van der Waals surface area contributed by atoms with Gasteiger partial charge in [-0.2, -0.15) is 13.2 Å². The number of sulfone groups is 1. The highest BCUT2D eigenvalue weighted by atomic mass is 35.5. The van der Waals surface area contributed by atoms with Gasteiger partial charge >= 0.3 is 5.51 Å². The van der Waals surface area contributed by atoms with Gasteiger partial charge in [-0.25, -0.2) is 26.5 Å². The average molecular weight is 1550 g/mol. The molecule has 1 aliphatic carbocycles. The van der Waals surface area contributed by atoms with Crippen LogP contribution in [0.4, 0.5) is 24.5 Å². The Morgan fingerprint density at radius 3 is 2.33 bits per heavy atom. The highest BCUT2D eigenvalue weighted by molar-refractivity contribution is 7.99. The monoisotopic (exact) mass is 1550 g/mol.